The maximum absolute atomic E-state index is 6.25. The molecule has 0 aliphatic heterocycles. The second-order valence-electron chi connectivity index (χ2n) is 12.9. The average Bonchev–Trinajstić information content (AvgIpc) is 3.73. The quantitative estimate of drug-likeness (QED) is 0.201. The molecule has 0 N–H and O–H groups in total. The molecule has 0 amide bonds. The summed E-state index contributed by atoms with van der Waals surface area (Å²) in [5.41, 5.74) is 11.8. The summed E-state index contributed by atoms with van der Waals surface area (Å²) in [7, 11) is 0. The molecule has 47 heavy (non-hydrogen) atoms. The summed E-state index contributed by atoms with van der Waals surface area (Å²) in [6.07, 6.45) is 3.64. The summed E-state index contributed by atoms with van der Waals surface area (Å²) in [4.78, 5) is 14.9. The van der Waals surface area contributed by atoms with Gasteiger partial charge in [-0.1, -0.05) is 98.8 Å². The van der Waals surface area contributed by atoms with Crippen LogP contribution in [0, 0.1) is 0 Å². The number of benzene rings is 5. The van der Waals surface area contributed by atoms with E-state index < -0.39 is 0 Å². The number of aromatic nitrogens is 4. The van der Waals surface area contributed by atoms with Gasteiger partial charge >= 0.3 is 0 Å². The Morgan fingerprint density at radius 3 is 2.32 bits per heavy atom. The molecule has 1 aliphatic rings. The van der Waals surface area contributed by atoms with Crippen LogP contribution < -0.4 is 0 Å². The standard InChI is InChI=1S/C42H28N4O/c1-42(2)32-16-8-6-13-26(32)29-21-30-27-14-7-9-17-35(27)46(36(30)22-33(29)42)39-23-34(44-41(45-39)25-11-4-3-5-12-25)28-15-10-18-38-40(28)31-24-43-20-19-37(31)47-38/h3-24H,1-2H3. The number of nitrogens with zero attached hydrogens (tertiary/aromatic N) is 4. The fraction of sp³-hybridized carbons (Fsp3) is 0.0714. The second kappa shape index (κ2) is 9.47. The van der Waals surface area contributed by atoms with Crippen molar-refractivity contribution in [2.24, 2.45) is 0 Å². The normalized spacial score (nSPS) is 13.5. The largest absolute Gasteiger partial charge is 0.456 e. The Bertz CT molecular complexity index is 2720. The minimum Gasteiger partial charge on any atom is -0.456 e. The first-order chi connectivity index (χ1) is 23.1. The molecule has 0 spiro atoms. The van der Waals surface area contributed by atoms with Crippen LogP contribution in [-0.2, 0) is 5.41 Å². The molecule has 222 valence electrons. The summed E-state index contributed by atoms with van der Waals surface area (Å²) >= 11 is 0. The molecule has 9 aromatic rings. The Morgan fingerprint density at radius 2 is 1.40 bits per heavy atom. The highest BCUT2D eigenvalue weighted by Crippen LogP contribution is 2.51. The van der Waals surface area contributed by atoms with Gasteiger partial charge in [-0.3, -0.25) is 9.55 Å². The monoisotopic (exact) mass is 604 g/mol. The number of fused-ring (bicyclic) bond motifs is 9. The summed E-state index contributed by atoms with van der Waals surface area (Å²) in [6, 6.07) is 42.7. The molecule has 0 radical (unpaired) electrons. The molecule has 0 fully saturated rings. The van der Waals surface area contributed by atoms with Crippen molar-refractivity contribution in [3.63, 3.8) is 0 Å². The third-order valence-corrected chi connectivity index (χ3v) is 9.92. The molecule has 4 heterocycles. The second-order valence-corrected chi connectivity index (χ2v) is 12.9. The summed E-state index contributed by atoms with van der Waals surface area (Å²) < 4.78 is 8.56. The number of rotatable bonds is 3. The van der Waals surface area contributed by atoms with Crippen LogP contribution in [-0.4, -0.2) is 19.5 Å². The lowest BCUT2D eigenvalue weighted by molar-refractivity contribution is 0.661. The van der Waals surface area contributed by atoms with Crippen molar-refractivity contribution in [3.05, 3.63) is 145 Å². The molecular formula is C42H28N4O. The molecular weight excluding hydrogens is 576 g/mol. The fourth-order valence-corrected chi connectivity index (χ4v) is 7.70. The van der Waals surface area contributed by atoms with Gasteiger partial charge in [-0.25, -0.2) is 9.97 Å². The van der Waals surface area contributed by atoms with Crippen molar-refractivity contribution in [3.8, 4) is 39.6 Å². The van der Waals surface area contributed by atoms with E-state index in [1.165, 1.54) is 33.0 Å². The number of hydrogen-bond donors (Lipinski definition) is 0. The minimum absolute atomic E-state index is 0.126. The third kappa shape index (κ3) is 3.68. The van der Waals surface area contributed by atoms with Gasteiger partial charge in [0, 0.05) is 56.5 Å². The molecule has 5 nitrogen and oxygen atoms in total. The number of pyridine rings is 1. The van der Waals surface area contributed by atoms with E-state index in [1.54, 1.807) is 6.20 Å². The number of hydrogen-bond acceptors (Lipinski definition) is 4. The highest BCUT2D eigenvalue weighted by Gasteiger charge is 2.36. The number of furan rings is 1. The number of para-hydroxylation sites is 1. The van der Waals surface area contributed by atoms with E-state index in [9.17, 15) is 0 Å². The van der Waals surface area contributed by atoms with Crippen LogP contribution in [0.25, 0.3) is 83.3 Å². The van der Waals surface area contributed by atoms with E-state index in [2.05, 4.69) is 108 Å². The van der Waals surface area contributed by atoms with Crippen LogP contribution in [0.5, 0.6) is 0 Å². The first-order valence-corrected chi connectivity index (χ1v) is 15.9. The zero-order chi connectivity index (χ0) is 31.3. The molecule has 5 aromatic carbocycles. The molecule has 1 aliphatic carbocycles. The van der Waals surface area contributed by atoms with Crippen LogP contribution in [0.3, 0.4) is 0 Å². The fourth-order valence-electron chi connectivity index (χ4n) is 7.70. The van der Waals surface area contributed by atoms with Gasteiger partial charge < -0.3 is 4.42 Å². The minimum atomic E-state index is -0.126. The third-order valence-electron chi connectivity index (χ3n) is 9.92. The van der Waals surface area contributed by atoms with Gasteiger partial charge in [0.15, 0.2) is 5.82 Å². The highest BCUT2D eigenvalue weighted by molar-refractivity contribution is 6.13. The van der Waals surface area contributed by atoms with Crippen LogP contribution in [0.15, 0.2) is 138 Å². The summed E-state index contributed by atoms with van der Waals surface area (Å²) in [6.45, 7) is 4.66. The van der Waals surface area contributed by atoms with Crippen LogP contribution in [0.2, 0.25) is 0 Å². The Kier molecular flexibility index (Phi) is 5.28. The van der Waals surface area contributed by atoms with Crippen LogP contribution >= 0.6 is 0 Å². The topological polar surface area (TPSA) is 56.7 Å². The van der Waals surface area contributed by atoms with E-state index in [-0.39, 0.29) is 5.41 Å². The molecule has 5 heteroatoms. The first-order valence-electron chi connectivity index (χ1n) is 15.9. The van der Waals surface area contributed by atoms with Gasteiger partial charge in [0.05, 0.1) is 16.7 Å². The molecule has 10 rings (SSSR count). The van der Waals surface area contributed by atoms with Crippen LogP contribution in [0.1, 0.15) is 25.0 Å². The van der Waals surface area contributed by atoms with Gasteiger partial charge in [0.25, 0.3) is 0 Å². The molecule has 0 atom stereocenters. The van der Waals surface area contributed by atoms with E-state index >= 15 is 0 Å². The van der Waals surface area contributed by atoms with Gasteiger partial charge in [-0.05, 0) is 52.6 Å². The molecule has 0 unspecified atom stereocenters. The van der Waals surface area contributed by atoms with Gasteiger partial charge in [-0.2, -0.15) is 0 Å². The van der Waals surface area contributed by atoms with Gasteiger partial charge in [0.1, 0.15) is 17.0 Å². The Labute approximate surface area is 270 Å². The van der Waals surface area contributed by atoms with Gasteiger partial charge in [0.2, 0.25) is 0 Å². The van der Waals surface area contributed by atoms with E-state index in [4.69, 9.17) is 14.4 Å². The Balaban J connectivity index is 1.30. The van der Waals surface area contributed by atoms with Crippen molar-refractivity contribution in [2.75, 3.05) is 0 Å². The van der Waals surface area contributed by atoms with E-state index in [1.807, 2.05) is 42.6 Å². The maximum Gasteiger partial charge on any atom is 0.162 e. The predicted octanol–water partition coefficient (Wildman–Crippen LogP) is 10.5. The smallest absolute Gasteiger partial charge is 0.162 e. The molecule has 0 saturated carbocycles. The zero-order valence-corrected chi connectivity index (χ0v) is 25.9. The van der Waals surface area contributed by atoms with E-state index in [0.29, 0.717) is 5.82 Å². The lowest BCUT2D eigenvalue weighted by Crippen LogP contribution is -2.15. The summed E-state index contributed by atoms with van der Waals surface area (Å²) in [5.74, 6) is 1.48. The first kappa shape index (κ1) is 26.2. The van der Waals surface area contributed by atoms with Crippen molar-refractivity contribution in [1.29, 1.82) is 0 Å². The zero-order valence-electron chi connectivity index (χ0n) is 25.9. The van der Waals surface area contributed by atoms with Crippen LogP contribution in [0.4, 0.5) is 0 Å². The lowest BCUT2D eigenvalue weighted by atomic mass is 9.82. The Hall–Kier alpha value is -6.07. The predicted molar refractivity (Wildman–Crippen MR) is 190 cm³/mol. The summed E-state index contributed by atoms with van der Waals surface area (Å²) in [5, 5.41) is 4.37. The van der Waals surface area contributed by atoms with Crippen molar-refractivity contribution < 1.29 is 4.42 Å². The van der Waals surface area contributed by atoms with Gasteiger partial charge in [-0.15, -0.1) is 0 Å². The highest BCUT2D eigenvalue weighted by atomic mass is 16.3. The SMILES string of the molecule is CC1(C)c2ccccc2-c2cc3c4ccccc4n(-c4cc(-c5cccc6oc7ccncc7c56)nc(-c5ccccc5)n4)c3cc21. The molecule has 0 bridgehead atoms. The van der Waals surface area contributed by atoms with E-state index in [0.717, 1.165) is 55.6 Å². The Morgan fingerprint density at radius 1 is 0.596 bits per heavy atom. The van der Waals surface area contributed by atoms with Crippen molar-refractivity contribution >= 4 is 43.7 Å². The molecule has 0 saturated heterocycles. The van der Waals surface area contributed by atoms with Crippen molar-refractivity contribution in [2.45, 2.75) is 19.3 Å². The molecule has 4 aromatic heterocycles. The van der Waals surface area contributed by atoms with Crippen molar-refractivity contribution in [1.82, 2.24) is 19.5 Å². The maximum atomic E-state index is 6.25. The lowest BCUT2D eigenvalue weighted by Gasteiger charge is -2.21. The average molecular weight is 605 g/mol.